The van der Waals surface area contributed by atoms with E-state index in [0.29, 0.717) is 4.91 Å². The Labute approximate surface area is 168 Å². The minimum Gasteiger partial charge on any atom is -0.283 e. The fraction of sp³-hybridized carbons (Fsp3) is 0.0588. The summed E-state index contributed by atoms with van der Waals surface area (Å²) in [7, 11) is 0. The molecule has 2 aromatic rings. The van der Waals surface area contributed by atoms with Crippen LogP contribution in [0.2, 0.25) is 0 Å². The first-order valence-electron chi connectivity index (χ1n) is 7.80. The number of anilines is 1. The molecule has 1 heterocycles. The molecule has 28 heavy (non-hydrogen) atoms. The van der Waals surface area contributed by atoms with Gasteiger partial charge in [0.25, 0.3) is 11.6 Å². The zero-order valence-electron chi connectivity index (χ0n) is 14.3. The van der Waals surface area contributed by atoms with Crippen LogP contribution in [0.3, 0.4) is 0 Å². The first-order chi connectivity index (χ1) is 13.3. The lowest BCUT2D eigenvalue weighted by Gasteiger charge is -2.16. The topological polar surface area (TPSA) is 119 Å². The summed E-state index contributed by atoms with van der Waals surface area (Å²) < 4.78 is 0.163. The molecule has 9 nitrogen and oxygen atoms in total. The van der Waals surface area contributed by atoms with Crippen LogP contribution in [0.4, 0.5) is 17.1 Å². The number of rotatable bonds is 5. The number of nitro benzene ring substituents is 2. The predicted octanol–water partition coefficient (Wildman–Crippen LogP) is 4.04. The highest BCUT2D eigenvalue weighted by Crippen LogP contribution is 2.35. The molecule has 1 amide bonds. The monoisotopic (exact) mass is 416 g/mol. The molecular weight excluding hydrogens is 404 g/mol. The number of carbonyl (C=O) groups excluding carboxylic acids is 1. The van der Waals surface area contributed by atoms with Gasteiger partial charge >= 0.3 is 5.69 Å². The first-order valence-corrected chi connectivity index (χ1v) is 9.03. The Kier molecular flexibility index (Phi) is 5.38. The molecule has 11 heteroatoms. The van der Waals surface area contributed by atoms with Crippen LogP contribution in [0, 0.1) is 27.2 Å². The van der Waals surface area contributed by atoms with Crippen LogP contribution < -0.4 is 5.43 Å². The van der Waals surface area contributed by atoms with Crippen LogP contribution in [0.5, 0.6) is 0 Å². The lowest BCUT2D eigenvalue weighted by Crippen LogP contribution is -2.34. The Hall–Kier alpha value is -3.31. The van der Waals surface area contributed by atoms with Gasteiger partial charge in [0.15, 0.2) is 4.32 Å². The zero-order chi connectivity index (χ0) is 20.4. The van der Waals surface area contributed by atoms with Gasteiger partial charge in [0.2, 0.25) is 0 Å². The summed E-state index contributed by atoms with van der Waals surface area (Å²) in [5.74, 6) is -0.469. The highest BCUT2D eigenvalue weighted by Gasteiger charge is 2.34. The molecule has 1 saturated heterocycles. The number of carbonyl (C=O) groups is 1. The maximum Gasteiger partial charge on any atom is 0.300 e. The average Bonchev–Trinajstić information content (AvgIpc) is 2.91. The van der Waals surface area contributed by atoms with Crippen LogP contribution in [-0.4, -0.2) is 25.1 Å². The standard InChI is InChI=1S/C17H12N4O5S2/c1-10-2-4-11(5-3-10)8-15-16(22)19(17(27)28-15)18-13-7-6-12(20(23)24)9-14(13)21(25)26/h2-9,18H,1H3/b15-8+. The average molecular weight is 416 g/mol. The van der Waals surface area contributed by atoms with Crippen molar-refractivity contribution in [3.8, 4) is 0 Å². The maximum absolute atomic E-state index is 12.7. The van der Waals surface area contributed by atoms with Crippen LogP contribution in [0.15, 0.2) is 47.4 Å². The van der Waals surface area contributed by atoms with E-state index in [2.05, 4.69) is 5.43 Å². The molecule has 0 atom stereocenters. The van der Waals surface area contributed by atoms with Crippen molar-refractivity contribution in [3.63, 3.8) is 0 Å². The van der Waals surface area contributed by atoms with Crippen molar-refractivity contribution in [2.75, 3.05) is 5.43 Å². The third-order valence-electron chi connectivity index (χ3n) is 3.79. The Bertz CT molecular complexity index is 1040. The van der Waals surface area contributed by atoms with E-state index in [1.165, 1.54) is 6.07 Å². The Morgan fingerprint density at radius 2 is 1.79 bits per heavy atom. The molecule has 0 aliphatic carbocycles. The van der Waals surface area contributed by atoms with Gasteiger partial charge in [-0.2, -0.15) is 0 Å². The summed E-state index contributed by atoms with van der Waals surface area (Å²) in [4.78, 5) is 33.6. The van der Waals surface area contributed by atoms with Gasteiger partial charge in [-0.1, -0.05) is 41.6 Å². The van der Waals surface area contributed by atoms with E-state index < -0.39 is 27.1 Å². The SMILES string of the molecule is Cc1ccc(/C=C2/SC(=S)N(Nc3ccc([N+](=O)[O-])cc3[N+](=O)[O-])C2=O)cc1. The minimum atomic E-state index is -0.769. The number of non-ortho nitro benzene ring substituents is 1. The van der Waals surface area contributed by atoms with Crippen molar-refractivity contribution in [1.82, 2.24) is 5.01 Å². The van der Waals surface area contributed by atoms with E-state index in [0.717, 1.165) is 40.0 Å². The number of hydrogen-bond donors (Lipinski definition) is 1. The fourth-order valence-corrected chi connectivity index (χ4v) is 3.56. The molecule has 1 fully saturated rings. The quantitative estimate of drug-likeness (QED) is 0.336. The number of aryl methyl sites for hydroxylation is 1. The Balaban J connectivity index is 1.88. The molecule has 1 aliphatic rings. The molecule has 0 bridgehead atoms. The maximum atomic E-state index is 12.7. The Morgan fingerprint density at radius 1 is 1.11 bits per heavy atom. The first kappa shape index (κ1) is 19.5. The van der Waals surface area contributed by atoms with Crippen LogP contribution in [0.25, 0.3) is 6.08 Å². The van der Waals surface area contributed by atoms with E-state index in [9.17, 15) is 25.0 Å². The second-order valence-electron chi connectivity index (χ2n) is 5.76. The van der Waals surface area contributed by atoms with Gasteiger partial charge in [0.05, 0.1) is 20.8 Å². The second kappa shape index (κ2) is 7.74. The van der Waals surface area contributed by atoms with Crippen LogP contribution in [-0.2, 0) is 4.79 Å². The summed E-state index contributed by atoms with van der Waals surface area (Å²) in [5, 5.41) is 23.1. The Morgan fingerprint density at radius 3 is 2.39 bits per heavy atom. The largest absolute Gasteiger partial charge is 0.300 e. The molecule has 0 saturated carbocycles. The minimum absolute atomic E-state index is 0.0801. The molecule has 1 aliphatic heterocycles. The second-order valence-corrected chi connectivity index (χ2v) is 7.43. The van der Waals surface area contributed by atoms with Gasteiger partial charge in [-0.05, 0) is 36.8 Å². The molecule has 2 aromatic carbocycles. The van der Waals surface area contributed by atoms with Crippen molar-refractivity contribution in [3.05, 3.63) is 78.7 Å². The van der Waals surface area contributed by atoms with Gasteiger partial charge in [-0.15, -0.1) is 0 Å². The number of nitrogens with zero attached hydrogens (tertiary/aromatic N) is 3. The van der Waals surface area contributed by atoms with E-state index >= 15 is 0 Å². The van der Waals surface area contributed by atoms with Gasteiger partial charge in [-0.3, -0.25) is 30.4 Å². The van der Waals surface area contributed by atoms with Crippen LogP contribution >= 0.6 is 24.0 Å². The number of nitro groups is 2. The highest BCUT2D eigenvalue weighted by atomic mass is 32.2. The number of hydrogen-bond acceptors (Lipinski definition) is 8. The number of benzene rings is 2. The summed E-state index contributed by atoms with van der Waals surface area (Å²) in [6.07, 6.45) is 1.67. The van der Waals surface area contributed by atoms with E-state index in [-0.39, 0.29) is 10.0 Å². The molecular formula is C17H12N4O5S2. The number of nitrogens with one attached hydrogen (secondary N) is 1. The van der Waals surface area contributed by atoms with E-state index in [1.54, 1.807) is 6.08 Å². The molecule has 0 spiro atoms. The smallest absolute Gasteiger partial charge is 0.283 e. The molecule has 3 rings (SSSR count). The number of thioether (sulfide) groups is 1. The number of amides is 1. The summed E-state index contributed by atoms with van der Waals surface area (Å²) in [6, 6.07) is 10.6. The van der Waals surface area contributed by atoms with Crippen molar-refractivity contribution < 1.29 is 14.6 Å². The number of hydrazine groups is 1. The van der Waals surface area contributed by atoms with E-state index in [1.807, 2.05) is 31.2 Å². The van der Waals surface area contributed by atoms with Gasteiger partial charge in [0, 0.05) is 6.07 Å². The molecule has 1 N–H and O–H groups in total. The molecule has 142 valence electrons. The molecule has 0 aromatic heterocycles. The van der Waals surface area contributed by atoms with Gasteiger partial charge in [0.1, 0.15) is 5.69 Å². The highest BCUT2D eigenvalue weighted by molar-refractivity contribution is 8.26. The third kappa shape index (κ3) is 4.00. The van der Waals surface area contributed by atoms with E-state index in [4.69, 9.17) is 12.2 Å². The van der Waals surface area contributed by atoms with Gasteiger partial charge in [-0.25, -0.2) is 5.01 Å². The van der Waals surface area contributed by atoms with Crippen LogP contribution in [0.1, 0.15) is 11.1 Å². The summed E-state index contributed by atoms with van der Waals surface area (Å²) >= 11 is 6.24. The van der Waals surface area contributed by atoms with Crippen molar-refractivity contribution >= 4 is 57.3 Å². The summed E-state index contributed by atoms with van der Waals surface area (Å²) in [6.45, 7) is 1.95. The third-order valence-corrected chi connectivity index (χ3v) is 5.09. The lowest BCUT2D eigenvalue weighted by molar-refractivity contribution is -0.393. The molecule has 0 unspecified atom stereocenters. The molecule has 0 radical (unpaired) electrons. The number of thiocarbonyl (C=S) groups is 1. The van der Waals surface area contributed by atoms with Gasteiger partial charge < -0.3 is 0 Å². The summed E-state index contributed by atoms with van der Waals surface area (Å²) in [5.41, 5.74) is 3.45. The fourth-order valence-electron chi connectivity index (χ4n) is 2.38. The van der Waals surface area contributed by atoms with Crippen molar-refractivity contribution in [1.29, 1.82) is 0 Å². The van der Waals surface area contributed by atoms with Crippen molar-refractivity contribution in [2.45, 2.75) is 6.92 Å². The van der Waals surface area contributed by atoms with Crippen molar-refractivity contribution in [2.24, 2.45) is 0 Å². The zero-order valence-corrected chi connectivity index (χ0v) is 16.0. The normalized spacial score (nSPS) is 15.2. The lowest BCUT2D eigenvalue weighted by atomic mass is 10.1. The predicted molar refractivity (Wildman–Crippen MR) is 110 cm³/mol.